The first kappa shape index (κ1) is 21.1. The molecule has 0 radical (unpaired) electrons. The number of hydrogen-bond acceptors (Lipinski definition) is 4. The Kier molecular flexibility index (Phi) is 7.94. The Morgan fingerprint density at radius 3 is 2.52 bits per heavy atom. The third kappa shape index (κ3) is 6.45. The number of nitrogens with one attached hydrogen (secondary N) is 2. The lowest BCUT2D eigenvalue weighted by atomic mass is 10.2. The van der Waals surface area contributed by atoms with Crippen LogP contribution in [0, 0.1) is 6.92 Å². The Balaban J connectivity index is 1.91. The van der Waals surface area contributed by atoms with E-state index in [9.17, 15) is 9.59 Å². The van der Waals surface area contributed by atoms with Gasteiger partial charge in [0.2, 0.25) is 0 Å². The largest absolute Gasteiger partial charge is 0.493 e. The van der Waals surface area contributed by atoms with Crippen LogP contribution >= 0.6 is 27.5 Å². The first-order chi connectivity index (χ1) is 12.9. The molecule has 8 heteroatoms. The topological polar surface area (TPSA) is 76.7 Å². The second kappa shape index (κ2) is 10.2. The molecule has 0 aliphatic rings. The van der Waals surface area contributed by atoms with Crippen LogP contribution in [0.15, 0.2) is 40.9 Å². The number of rotatable bonds is 7. The van der Waals surface area contributed by atoms with Crippen LogP contribution in [-0.4, -0.2) is 25.0 Å². The highest BCUT2D eigenvalue weighted by Gasteiger charge is 2.14. The summed E-state index contributed by atoms with van der Waals surface area (Å²) in [6, 6.07) is 10.2. The standard InChI is InChI=1S/C19H20BrClN2O4/c1-3-8-26-17-6-4-13(20)10-15(17)19(25)23-22-18(24)11-27-16-7-5-14(21)9-12(16)2/h4-7,9-10H,3,8,11H2,1-2H3,(H,22,24)(H,23,25). The van der Waals surface area contributed by atoms with Crippen molar-refractivity contribution in [3.8, 4) is 11.5 Å². The Morgan fingerprint density at radius 2 is 1.81 bits per heavy atom. The van der Waals surface area contributed by atoms with Gasteiger partial charge in [0.25, 0.3) is 11.8 Å². The van der Waals surface area contributed by atoms with E-state index in [0.29, 0.717) is 28.7 Å². The lowest BCUT2D eigenvalue weighted by Crippen LogP contribution is -2.44. The molecule has 0 unspecified atom stereocenters. The van der Waals surface area contributed by atoms with Crippen molar-refractivity contribution in [3.63, 3.8) is 0 Å². The van der Waals surface area contributed by atoms with Gasteiger partial charge in [-0.15, -0.1) is 0 Å². The summed E-state index contributed by atoms with van der Waals surface area (Å²) in [6.07, 6.45) is 0.815. The molecule has 2 aromatic carbocycles. The summed E-state index contributed by atoms with van der Waals surface area (Å²) in [6.45, 7) is 4.04. The molecule has 0 aliphatic heterocycles. The molecule has 144 valence electrons. The van der Waals surface area contributed by atoms with Gasteiger partial charge < -0.3 is 9.47 Å². The van der Waals surface area contributed by atoms with Crippen molar-refractivity contribution in [1.29, 1.82) is 0 Å². The van der Waals surface area contributed by atoms with Gasteiger partial charge in [-0.2, -0.15) is 0 Å². The molecule has 2 N–H and O–H groups in total. The molecule has 27 heavy (non-hydrogen) atoms. The van der Waals surface area contributed by atoms with Crippen molar-refractivity contribution in [3.05, 3.63) is 57.0 Å². The molecule has 0 atom stereocenters. The maximum absolute atomic E-state index is 12.4. The molecule has 6 nitrogen and oxygen atoms in total. The van der Waals surface area contributed by atoms with E-state index in [1.807, 2.05) is 13.8 Å². The zero-order chi connectivity index (χ0) is 19.8. The first-order valence-corrected chi connectivity index (χ1v) is 9.48. The summed E-state index contributed by atoms with van der Waals surface area (Å²) in [5, 5.41) is 0.590. The molecular formula is C19H20BrClN2O4. The van der Waals surface area contributed by atoms with Gasteiger partial charge in [0.1, 0.15) is 11.5 Å². The van der Waals surface area contributed by atoms with E-state index in [0.717, 1.165) is 16.5 Å². The molecule has 0 heterocycles. The van der Waals surface area contributed by atoms with E-state index in [2.05, 4.69) is 26.8 Å². The summed E-state index contributed by atoms with van der Waals surface area (Å²) in [5.41, 5.74) is 5.81. The zero-order valence-electron chi connectivity index (χ0n) is 15.0. The Labute approximate surface area is 171 Å². The van der Waals surface area contributed by atoms with Crippen LogP contribution in [-0.2, 0) is 4.79 Å². The maximum atomic E-state index is 12.4. The molecule has 0 saturated carbocycles. The highest BCUT2D eigenvalue weighted by atomic mass is 79.9. The van der Waals surface area contributed by atoms with Gasteiger partial charge in [0, 0.05) is 9.50 Å². The average Bonchev–Trinajstić information content (AvgIpc) is 2.64. The van der Waals surface area contributed by atoms with Gasteiger partial charge in [-0.1, -0.05) is 34.5 Å². The van der Waals surface area contributed by atoms with Crippen LogP contribution in [0.25, 0.3) is 0 Å². The van der Waals surface area contributed by atoms with Crippen molar-refractivity contribution in [2.24, 2.45) is 0 Å². The number of amides is 2. The van der Waals surface area contributed by atoms with E-state index in [-0.39, 0.29) is 6.61 Å². The minimum Gasteiger partial charge on any atom is -0.493 e. The lowest BCUT2D eigenvalue weighted by Gasteiger charge is -2.13. The number of ether oxygens (including phenoxy) is 2. The van der Waals surface area contributed by atoms with Crippen molar-refractivity contribution in [2.45, 2.75) is 20.3 Å². The van der Waals surface area contributed by atoms with Crippen LogP contribution in [0.1, 0.15) is 29.3 Å². The highest BCUT2D eigenvalue weighted by molar-refractivity contribution is 9.10. The van der Waals surface area contributed by atoms with E-state index in [4.69, 9.17) is 21.1 Å². The van der Waals surface area contributed by atoms with Crippen molar-refractivity contribution in [1.82, 2.24) is 10.9 Å². The third-order valence-corrected chi connectivity index (χ3v) is 4.19. The van der Waals surface area contributed by atoms with E-state index >= 15 is 0 Å². The summed E-state index contributed by atoms with van der Waals surface area (Å²) in [7, 11) is 0. The SMILES string of the molecule is CCCOc1ccc(Br)cc1C(=O)NNC(=O)COc1ccc(Cl)cc1C. The summed E-state index contributed by atoms with van der Waals surface area (Å²) in [4.78, 5) is 24.3. The van der Waals surface area contributed by atoms with E-state index in [1.165, 1.54) is 0 Å². The van der Waals surface area contributed by atoms with Gasteiger partial charge in [0.15, 0.2) is 6.61 Å². The molecule has 2 rings (SSSR count). The fourth-order valence-corrected chi connectivity index (χ4v) is 2.75. The van der Waals surface area contributed by atoms with Gasteiger partial charge in [-0.3, -0.25) is 20.4 Å². The van der Waals surface area contributed by atoms with Crippen LogP contribution in [0.2, 0.25) is 5.02 Å². The molecular weight excluding hydrogens is 436 g/mol. The van der Waals surface area contributed by atoms with Crippen LogP contribution in [0.3, 0.4) is 0 Å². The fourth-order valence-electron chi connectivity index (χ4n) is 2.17. The number of hydrazine groups is 1. The van der Waals surface area contributed by atoms with Crippen LogP contribution in [0.4, 0.5) is 0 Å². The van der Waals surface area contributed by atoms with Gasteiger partial charge >= 0.3 is 0 Å². The van der Waals surface area contributed by atoms with Crippen LogP contribution < -0.4 is 20.3 Å². The van der Waals surface area contributed by atoms with Gasteiger partial charge in [-0.25, -0.2) is 0 Å². The Morgan fingerprint density at radius 1 is 1.07 bits per heavy atom. The second-order valence-electron chi connectivity index (χ2n) is 5.69. The minimum atomic E-state index is -0.497. The Hall–Kier alpha value is -2.25. The number of hydrogen-bond donors (Lipinski definition) is 2. The number of aryl methyl sites for hydroxylation is 1. The third-order valence-electron chi connectivity index (χ3n) is 3.46. The normalized spacial score (nSPS) is 10.2. The van der Waals surface area contributed by atoms with Crippen molar-refractivity contribution < 1.29 is 19.1 Å². The van der Waals surface area contributed by atoms with Crippen molar-refractivity contribution >= 4 is 39.3 Å². The molecule has 0 spiro atoms. The number of carbonyl (C=O) groups is 2. The molecule has 0 saturated heterocycles. The monoisotopic (exact) mass is 454 g/mol. The van der Waals surface area contributed by atoms with Crippen molar-refractivity contribution in [2.75, 3.05) is 13.2 Å². The molecule has 0 aliphatic carbocycles. The zero-order valence-corrected chi connectivity index (χ0v) is 17.3. The molecule has 0 fully saturated rings. The number of halogens is 2. The number of carbonyl (C=O) groups excluding carboxylic acids is 2. The van der Waals surface area contributed by atoms with Gasteiger partial charge in [0.05, 0.1) is 12.2 Å². The lowest BCUT2D eigenvalue weighted by molar-refractivity contribution is -0.123. The summed E-state index contributed by atoms with van der Waals surface area (Å²) < 4.78 is 11.7. The molecule has 2 aromatic rings. The van der Waals surface area contributed by atoms with E-state index in [1.54, 1.807) is 36.4 Å². The maximum Gasteiger partial charge on any atom is 0.276 e. The summed E-state index contributed by atoms with van der Waals surface area (Å²) in [5.74, 6) is 0.00473. The average molecular weight is 456 g/mol. The van der Waals surface area contributed by atoms with E-state index < -0.39 is 11.8 Å². The predicted octanol–water partition coefficient (Wildman–Crippen LogP) is 4.04. The number of benzene rings is 2. The van der Waals surface area contributed by atoms with Crippen LogP contribution in [0.5, 0.6) is 11.5 Å². The second-order valence-corrected chi connectivity index (χ2v) is 7.04. The first-order valence-electron chi connectivity index (χ1n) is 8.31. The predicted molar refractivity (Wildman–Crippen MR) is 107 cm³/mol. The molecule has 0 bridgehead atoms. The quantitative estimate of drug-likeness (QED) is 0.618. The highest BCUT2D eigenvalue weighted by Crippen LogP contribution is 2.23. The minimum absolute atomic E-state index is 0.250. The van der Waals surface area contributed by atoms with Gasteiger partial charge in [-0.05, 0) is 55.3 Å². The summed E-state index contributed by atoms with van der Waals surface area (Å²) >= 11 is 9.21. The Bertz CT molecular complexity index is 829. The molecule has 2 amide bonds. The smallest absolute Gasteiger partial charge is 0.276 e. The molecule has 0 aromatic heterocycles. The fraction of sp³-hybridized carbons (Fsp3) is 0.263.